The third-order valence-electron chi connectivity index (χ3n) is 1.86. The van der Waals surface area contributed by atoms with Crippen LogP contribution in [0.2, 0.25) is 0 Å². The molecule has 0 aliphatic carbocycles. The number of thiophene rings is 1. The van der Waals surface area contributed by atoms with Gasteiger partial charge in [-0.15, -0.1) is 11.3 Å². The van der Waals surface area contributed by atoms with Crippen molar-refractivity contribution in [2.45, 2.75) is 12.2 Å². The molecule has 1 aromatic heterocycles. The Bertz CT molecular complexity index is 351. The van der Waals surface area contributed by atoms with Crippen LogP contribution in [0.4, 0.5) is 0 Å². The lowest BCUT2D eigenvalue weighted by Gasteiger charge is -1.98. The molecule has 0 atom stereocenters. The monoisotopic (exact) mass is 255 g/mol. The molecule has 2 nitrogen and oxygen atoms in total. The molecular weight excluding hydrogens is 238 g/mol. The lowest BCUT2D eigenvalue weighted by atomic mass is 10.4. The van der Waals surface area contributed by atoms with E-state index in [1.165, 1.54) is 4.88 Å². The zero-order valence-electron chi connectivity index (χ0n) is 9.49. The van der Waals surface area contributed by atoms with Crippen LogP contribution in [-0.4, -0.2) is 26.0 Å². The lowest BCUT2D eigenvalue weighted by molar-refractivity contribution is 0.200. The molecule has 0 saturated heterocycles. The fourth-order valence-electron chi connectivity index (χ4n) is 1.14. The van der Waals surface area contributed by atoms with Gasteiger partial charge in [-0.2, -0.15) is 11.8 Å². The predicted molar refractivity (Wildman–Crippen MR) is 72.9 cm³/mol. The minimum absolute atomic E-state index is 0.430. The van der Waals surface area contributed by atoms with Crippen LogP contribution < -0.4 is 5.73 Å². The van der Waals surface area contributed by atoms with Gasteiger partial charge in [-0.25, -0.2) is 0 Å². The first-order chi connectivity index (χ1) is 7.86. The maximum Gasteiger partial charge on any atom is 0.0772 e. The Morgan fingerprint density at radius 1 is 1.50 bits per heavy atom. The van der Waals surface area contributed by atoms with Crippen molar-refractivity contribution < 1.29 is 4.74 Å². The molecule has 0 bridgehead atoms. The highest BCUT2D eigenvalue weighted by molar-refractivity contribution is 7.98. The molecule has 0 saturated carbocycles. The predicted octanol–water partition coefficient (Wildman–Crippen LogP) is 2.33. The number of nitrogens with two attached hydrogens (primary N) is 1. The number of thioether (sulfide) groups is 1. The van der Waals surface area contributed by atoms with Crippen LogP contribution in [0.25, 0.3) is 0 Å². The number of ether oxygens (including phenoxy) is 1. The van der Waals surface area contributed by atoms with Crippen LogP contribution in [0.3, 0.4) is 0 Å². The van der Waals surface area contributed by atoms with Gasteiger partial charge in [0.25, 0.3) is 0 Å². The van der Waals surface area contributed by atoms with Gasteiger partial charge in [0.05, 0.1) is 11.4 Å². The van der Waals surface area contributed by atoms with Crippen molar-refractivity contribution in [3.05, 3.63) is 21.9 Å². The number of hydrogen-bond acceptors (Lipinski definition) is 4. The van der Waals surface area contributed by atoms with Gasteiger partial charge >= 0.3 is 0 Å². The first-order valence-electron chi connectivity index (χ1n) is 5.21. The summed E-state index contributed by atoms with van der Waals surface area (Å²) in [4.78, 5) is 2.49. The Morgan fingerprint density at radius 3 is 3.12 bits per heavy atom. The molecular formula is C12H17NOS2. The van der Waals surface area contributed by atoms with E-state index in [0.717, 1.165) is 29.4 Å². The number of methoxy groups -OCH3 is 1. The molecule has 16 heavy (non-hydrogen) atoms. The van der Waals surface area contributed by atoms with E-state index in [-0.39, 0.29) is 0 Å². The summed E-state index contributed by atoms with van der Waals surface area (Å²) >= 11 is 3.70. The second kappa shape index (κ2) is 8.66. The maximum absolute atomic E-state index is 5.32. The highest BCUT2D eigenvalue weighted by Gasteiger charge is 1.98. The molecule has 1 rings (SSSR count). The quantitative estimate of drug-likeness (QED) is 0.626. The molecule has 1 aromatic rings. The first kappa shape index (κ1) is 13.6. The van der Waals surface area contributed by atoms with Crippen molar-refractivity contribution in [3.63, 3.8) is 0 Å². The second-order valence-corrected chi connectivity index (χ2v) is 5.44. The summed E-state index contributed by atoms with van der Waals surface area (Å²) in [6, 6.07) is 4.22. The van der Waals surface area contributed by atoms with Gasteiger partial charge in [0, 0.05) is 24.3 Å². The minimum atomic E-state index is 0.430. The van der Waals surface area contributed by atoms with Crippen LogP contribution >= 0.6 is 23.1 Å². The van der Waals surface area contributed by atoms with Crippen LogP contribution in [0.15, 0.2) is 12.1 Å². The smallest absolute Gasteiger partial charge is 0.0772 e. The molecule has 4 heteroatoms. The fourth-order valence-corrected chi connectivity index (χ4v) is 3.07. The summed E-state index contributed by atoms with van der Waals surface area (Å²) in [5.74, 6) is 8.13. The van der Waals surface area contributed by atoms with Crippen molar-refractivity contribution in [2.24, 2.45) is 5.73 Å². The molecule has 0 aliphatic heterocycles. The SMILES string of the molecule is COCCCSCc1ccc(C#CCN)s1. The van der Waals surface area contributed by atoms with E-state index in [2.05, 4.69) is 24.0 Å². The Labute approximate surface area is 106 Å². The average Bonchev–Trinajstić information content (AvgIpc) is 2.74. The average molecular weight is 255 g/mol. The fraction of sp³-hybridized carbons (Fsp3) is 0.500. The maximum atomic E-state index is 5.32. The van der Waals surface area contributed by atoms with Crippen molar-refractivity contribution in [1.29, 1.82) is 0 Å². The minimum Gasteiger partial charge on any atom is -0.385 e. The van der Waals surface area contributed by atoms with E-state index in [0.29, 0.717) is 6.54 Å². The van der Waals surface area contributed by atoms with Crippen LogP contribution in [0.5, 0.6) is 0 Å². The topological polar surface area (TPSA) is 35.2 Å². The van der Waals surface area contributed by atoms with E-state index >= 15 is 0 Å². The molecule has 0 amide bonds. The Balaban J connectivity index is 2.24. The molecule has 0 aliphatic rings. The molecule has 0 aromatic carbocycles. The summed E-state index contributed by atoms with van der Waals surface area (Å²) in [5.41, 5.74) is 5.32. The third kappa shape index (κ3) is 5.57. The van der Waals surface area contributed by atoms with Crippen molar-refractivity contribution in [3.8, 4) is 11.8 Å². The third-order valence-corrected chi connectivity index (χ3v) is 4.13. The first-order valence-corrected chi connectivity index (χ1v) is 7.18. The lowest BCUT2D eigenvalue weighted by Crippen LogP contribution is -1.92. The molecule has 88 valence electrons. The zero-order chi connectivity index (χ0) is 11.6. The second-order valence-electron chi connectivity index (χ2n) is 3.17. The summed E-state index contributed by atoms with van der Waals surface area (Å²) in [6.45, 7) is 1.28. The van der Waals surface area contributed by atoms with Gasteiger partial charge in [-0.05, 0) is 24.3 Å². The summed E-state index contributed by atoms with van der Waals surface area (Å²) in [5, 5.41) is 0. The van der Waals surface area contributed by atoms with Crippen LogP contribution in [0.1, 0.15) is 16.2 Å². The molecule has 0 fully saturated rings. The summed E-state index contributed by atoms with van der Waals surface area (Å²) < 4.78 is 5.00. The van der Waals surface area contributed by atoms with Gasteiger partial charge in [0.2, 0.25) is 0 Å². The van der Waals surface area contributed by atoms with E-state index in [1.54, 1.807) is 18.4 Å². The zero-order valence-corrected chi connectivity index (χ0v) is 11.1. The Kier molecular flexibility index (Phi) is 7.35. The standard InChI is InChI=1S/C12H17NOS2/c1-14-8-3-9-15-10-12-6-5-11(16-12)4-2-7-13/h5-6H,3,7-10,13H2,1H3. The highest BCUT2D eigenvalue weighted by Crippen LogP contribution is 2.21. The van der Waals surface area contributed by atoms with Gasteiger partial charge < -0.3 is 10.5 Å². The van der Waals surface area contributed by atoms with Gasteiger partial charge in [-0.1, -0.05) is 11.8 Å². The summed E-state index contributed by atoms with van der Waals surface area (Å²) in [6.07, 6.45) is 1.12. The van der Waals surface area contributed by atoms with Gasteiger partial charge in [0.15, 0.2) is 0 Å². The van der Waals surface area contributed by atoms with Crippen LogP contribution in [0, 0.1) is 11.8 Å². The van der Waals surface area contributed by atoms with E-state index in [4.69, 9.17) is 10.5 Å². The number of rotatable bonds is 6. The summed E-state index contributed by atoms with van der Waals surface area (Å²) in [7, 11) is 1.74. The Morgan fingerprint density at radius 2 is 2.38 bits per heavy atom. The largest absolute Gasteiger partial charge is 0.385 e. The van der Waals surface area contributed by atoms with Crippen molar-refractivity contribution >= 4 is 23.1 Å². The van der Waals surface area contributed by atoms with E-state index in [1.807, 2.05) is 11.8 Å². The normalized spacial score (nSPS) is 9.88. The van der Waals surface area contributed by atoms with Gasteiger partial charge in [0.1, 0.15) is 0 Å². The highest BCUT2D eigenvalue weighted by atomic mass is 32.2. The Hall–Kier alpha value is -0.470. The molecule has 0 unspecified atom stereocenters. The van der Waals surface area contributed by atoms with E-state index < -0.39 is 0 Å². The van der Waals surface area contributed by atoms with E-state index in [9.17, 15) is 0 Å². The van der Waals surface area contributed by atoms with Gasteiger partial charge in [-0.3, -0.25) is 0 Å². The number of hydrogen-bond donors (Lipinski definition) is 1. The molecule has 0 spiro atoms. The van der Waals surface area contributed by atoms with Crippen molar-refractivity contribution in [1.82, 2.24) is 0 Å². The molecule has 0 radical (unpaired) electrons. The van der Waals surface area contributed by atoms with Crippen molar-refractivity contribution in [2.75, 3.05) is 26.0 Å². The van der Waals surface area contributed by atoms with Crippen LogP contribution in [-0.2, 0) is 10.5 Å². The molecule has 1 heterocycles. The molecule has 2 N–H and O–H groups in total.